The largest absolute Gasteiger partial charge is 0.328 e. The minimum Gasteiger partial charge on any atom is -0.328 e. The van der Waals surface area contributed by atoms with Crippen LogP contribution in [0.5, 0.6) is 0 Å². The van der Waals surface area contributed by atoms with E-state index in [-0.39, 0.29) is 11.9 Å². The van der Waals surface area contributed by atoms with Crippen molar-refractivity contribution in [2.45, 2.75) is 46.2 Å². The van der Waals surface area contributed by atoms with Gasteiger partial charge in [-0.05, 0) is 51.3 Å². The van der Waals surface area contributed by atoms with E-state index in [9.17, 15) is 4.79 Å². The highest BCUT2D eigenvalue weighted by molar-refractivity contribution is 7.13. The predicted octanol–water partition coefficient (Wildman–Crippen LogP) is 3.69. The molecule has 140 valence electrons. The molecule has 0 unspecified atom stereocenters. The first-order valence-electron chi connectivity index (χ1n) is 9.20. The van der Waals surface area contributed by atoms with Crippen molar-refractivity contribution in [2.75, 3.05) is 6.54 Å². The first-order valence-corrected chi connectivity index (χ1v) is 10.0. The highest BCUT2D eigenvalue weighted by atomic mass is 32.1. The fourth-order valence-electron chi connectivity index (χ4n) is 3.76. The zero-order valence-electron chi connectivity index (χ0n) is 15.8. The van der Waals surface area contributed by atoms with Gasteiger partial charge in [-0.2, -0.15) is 0 Å². The van der Waals surface area contributed by atoms with Crippen LogP contribution in [0.4, 0.5) is 0 Å². The van der Waals surface area contributed by atoms with E-state index in [1.807, 2.05) is 49.5 Å². The van der Waals surface area contributed by atoms with Crippen LogP contribution in [0.1, 0.15) is 56.3 Å². The Bertz CT molecular complexity index is 962. The van der Waals surface area contributed by atoms with Crippen LogP contribution in [0.25, 0.3) is 0 Å². The van der Waals surface area contributed by atoms with Crippen molar-refractivity contribution >= 4 is 17.2 Å². The molecule has 0 saturated carbocycles. The van der Waals surface area contributed by atoms with Gasteiger partial charge >= 0.3 is 0 Å². The number of pyridine rings is 1. The molecule has 6 nitrogen and oxygen atoms in total. The molecule has 3 aromatic rings. The lowest BCUT2D eigenvalue weighted by Gasteiger charge is -2.25. The number of likely N-dealkylation sites (tertiary alicyclic amines) is 1. The molecule has 1 fully saturated rings. The van der Waals surface area contributed by atoms with Crippen molar-refractivity contribution < 1.29 is 4.79 Å². The number of carbonyl (C=O) groups excluding carboxylic acids is 1. The maximum atomic E-state index is 13.2. The zero-order chi connectivity index (χ0) is 19.0. The quantitative estimate of drug-likeness (QED) is 0.691. The van der Waals surface area contributed by atoms with Gasteiger partial charge in [0.15, 0.2) is 0 Å². The lowest BCUT2D eigenvalue weighted by atomic mass is 10.2. The molecule has 0 aliphatic carbocycles. The third-order valence-corrected chi connectivity index (χ3v) is 6.15. The third-order valence-electron chi connectivity index (χ3n) is 5.09. The van der Waals surface area contributed by atoms with Gasteiger partial charge in [-0.3, -0.25) is 9.78 Å². The maximum Gasteiger partial charge on any atom is 0.266 e. The van der Waals surface area contributed by atoms with Gasteiger partial charge in [0.25, 0.3) is 5.91 Å². The first-order chi connectivity index (χ1) is 13.0. The summed E-state index contributed by atoms with van der Waals surface area (Å²) < 4.78 is 2.22. The second-order valence-corrected chi connectivity index (χ2v) is 8.21. The van der Waals surface area contributed by atoms with Gasteiger partial charge in [-0.1, -0.05) is 0 Å². The summed E-state index contributed by atoms with van der Waals surface area (Å²) in [5.74, 6) is 1.05. The van der Waals surface area contributed by atoms with E-state index < -0.39 is 0 Å². The van der Waals surface area contributed by atoms with Crippen LogP contribution in [0.3, 0.4) is 0 Å². The van der Waals surface area contributed by atoms with Crippen LogP contribution in [-0.4, -0.2) is 36.9 Å². The van der Waals surface area contributed by atoms with Crippen LogP contribution in [0.2, 0.25) is 0 Å². The summed E-state index contributed by atoms with van der Waals surface area (Å²) in [7, 11) is 0. The molecule has 7 heteroatoms. The molecular formula is C20H23N5OS. The number of nitrogens with zero attached hydrogens (tertiary/aromatic N) is 5. The topological polar surface area (TPSA) is 63.9 Å². The molecule has 1 aliphatic rings. The highest BCUT2D eigenvalue weighted by Crippen LogP contribution is 2.34. The second-order valence-electron chi connectivity index (χ2n) is 7.00. The summed E-state index contributed by atoms with van der Waals surface area (Å²) in [6, 6.07) is 4.05. The standard InChI is InChI=1S/C20H23N5OS/c1-13-11-22-19(25(13)12-16-6-8-21-9-7-16)17-5-4-10-24(17)20(26)18-14(2)23-15(3)27-18/h6-9,11,17H,4-5,10,12H2,1-3H3/t17-/m0/s1. The average molecular weight is 382 g/mol. The fraction of sp³-hybridized carbons (Fsp3) is 0.400. The lowest BCUT2D eigenvalue weighted by molar-refractivity contribution is 0.0731. The number of aromatic nitrogens is 4. The van der Waals surface area contributed by atoms with Gasteiger partial charge in [0.2, 0.25) is 0 Å². The lowest BCUT2D eigenvalue weighted by Crippen LogP contribution is -2.32. The molecule has 1 aliphatic heterocycles. The van der Waals surface area contributed by atoms with E-state index in [4.69, 9.17) is 0 Å². The molecule has 0 radical (unpaired) electrons. The number of imidazole rings is 1. The van der Waals surface area contributed by atoms with Gasteiger partial charge < -0.3 is 9.47 Å². The summed E-state index contributed by atoms with van der Waals surface area (Å²) in [6.45, 7) is 7.43. The molecule has 0 aromatic carbocycles. The number of aryl methyl sites for hydroxylation is 3. The molecule has 27 heavy (non-hydrogen) atoms. The molecule has 1 saturated heterocycles. The van der Waals surface area contributed by atoms with Gasteiger partial charge in [0.05, 0.1) is 16.7 Å². The van der Waals surface area contributed by atoms with Gasteiger partial charge in [-0.25, -0.2) is 9.97 Å². The number of rotatable bonds is 4. The van der Waals surface area contributed by atoms with Gasteiger partial charge in [-0.15, -0.1) is 11.3 Å². The Labute approximate surface area is 162 Å². The molecule has 0 bridgehead atoms. The highest BCUT2D eigenvalue weighted by Gasteiger charge is 2.35. The van der Waals surface area contributed by atoms with Crippen molar-refractivity contribution in [3.63, 3.8) is 0 Å². The fourth-order valence-corrected chi connectivity index (χ4v) is 4.64. The van der Waals surface area contributed by atoms with E-state index in [2.05, 4.69) is 26.4 Å². The van der Waals surface area contributed by atoms with E-state index in [0.29, 0.717) is 0 Å². The number of thiazole rings is 1. The first kappa shape index (κ1) is 17.9. The Morgan fingerprint density at radius 2 is 2.04 bits per heavy atom. The van der Waals surface area contributed by atoms with Gasteiger partial charge in [0.1, 0.15) is 10.7 Å². The molecule has 1 amide bonds. The number of amides is 1. The Kier molecular flexibility index (Phi) is 4.78. The molecule has 3 aromatic heterocycles. The normalized spacial score (nSPS) is 16.9. The van der Waals surface area contributed by atoms with Crippen molar-refractivity contribution in [3.05, 3.63) is 63.4 Å². The van der Waals surface area contributed by atoms with E-state index in [0.717, 1.165) is 53.0 Å². The summed E-state index contributed by atoms with van der Waals surface area (Å²) in [5, 5.41) is 0.932. The average Bonchev–Trinajstić information content (AvgIpc) is 3.35. The molecule has 4 rings (SSSR count). The summed E-state index contributed by atoms with van der Waals surface area (Å²) in [4.78, 5) is 29.1. The number of carbonyl (C=O) groups is 1. The van der Waals surface area contributed by atoms with E-state index in [1.165, 1.54) is 16.9 Å². The van der Waals surface area contributed by atoms with Crippen LogP contribution in [0.15, 0.2) is 30.7 Å². The van der Waals surface area contributed by atoms with Crippen LogP contribution >= 0.6 is 11.3 Å². The molecule has 0 spiro atoms. The van der Waals surface area contributed by atoms with Crippen molar-refractivity contribution in [2.24, 2.45) is 0 Å². The maximum absolute atomic E-state index is 13.2. The molecule has 4 heterocycles. The molecular weight excluding hydrogens is 358 g/mol. The predicted molar refractivity (Wildman–Crippen MR) is 105 cm³/mol. The minimum atomic E-state index is 0.00911. The van der Waals surface area contributed by atoms with Crippen LogP contribution in [0, 0.1) is 20.8 Å². The zero-order valence-corrected chi connectivity index (χ0v) is 16.7. The Morgan fingerprint density at radius 3 is 2.74 bits per heavy atom. The minimum absolute atomic E-state index is 0.00911. The number of hydrogen-bond donors (Lipinski definition) is 0. The van der Waals surface area contributed by atoms with Crippen LogP contribution in [-0.2, 0) is 6.54 Å². The SMILES string of the molecule is Cc1nc(C)c(C(=O)N2CCC[C@H]2c2ncc(C)n2Cc2ccncc2)s1. The smallest absolute Gasteiger partial charge is 0.266 e. The molecule has 0 N–H and O–H groups in total. The van der Waals surface area contributed by atoms with E-state index >= 15 is 0 Å². The second kappa shape index (κ2) is 7.23. The summed E-state index contributed by atoms with van der Waals surface area (Å²) in [5.41, 5.74) is 3.10. The van der Waals surface area contributed by atoms with Crippen LogP contribution < -0.4 is 0 Å². The Morgan fingerprint density at radius 1 is 1.26 bits per heavy atom. The third kappa shape index (κ3) is 3.39. The Hall–Kier alpha value is -2.54. The van der Waals surface area contributed by atoms with Gasteiger partial charge in [0, 0.05) is 37.4 Å². The summed E-state index contributed by atoms with van der Waals surface area (Å²) >= 11 is 1.48. The summed E-state index contributed by atoms with van der Waals surface area (Å²) in [6.07, 6.45) is 7.45. The molecule has 1 atom stereocenters. The van der Waals surface area contributed by atoms with Crippen molar-refractivity contribution in [1.82, 2.24) is 24.4 Å². The van der Waals surface area contributed by atoms with Crippen molar-refractivity contribution in [3.8, 4) is 0 Å². The van der Waals surface area contributed by atoms with E-state index in [1.54, 1.807) is 0 Å². The monoisotopic (exact) mass is 381 g/mol. The Balaban J connectivity index is 1.65. The van der Waals surface area contributed by atoms with Crippen molar-refractivity contribution in [1.29, 1.82) is 0 Å². The number of hydrogen-bond acceptors (Lipinski definition) is 5.